The van der Waals surface area contributed by atoms with Crippen molar-refractivity contribution in [2.45, 2.75) is 39.0 Å². The van der Waals surface area contributed by atoms with E-state index in [0.717, 1.165) is 24.7 Å². The lowest BCUT2D eigenvalue weighted by Crippen LogP contribution is -2.34. The normalized spacial score (nSPS) is 13.3. The molecule has 0 aliphatic carbocycles. The third kappa shape index (κ3) is 4.62. The first-order valence-corrected chi connectivity index (χ1v) is 8.27. The van der Waals surface area contributed by atoms with Gasteiger partial charge in [-0.25, -0.2) is 0 Å². The highest BCUT2D eigenvalue weighted by Gasteiger charge is 2.35. The van der Waals surface area contributed by atoms with Gasteiger partial charge in [0.05, 0.1) is 5.41 Å². The quantitative estimate of drug-likeness (QED) is 0.508. The van der Waals surface area contributed by atoms with Crippen LogP contribution in [0.5, 0.6) is 0 Å². The number of aldehydes is 1. The molecule has 120 valence electrons. The molecule has 0 spiro atoms. The fraction of sp³-hybridized carbons (Fsp3) is 0.333. The van der Waals surface area contributed by atoms with Crippen LogP contribution < -0.4 is 0 Å². The van der Waals surface area contributed by atoms with E-state index in [4.69, 9.17) is 0 Å². The Labute approximate surface area is 138 Å². The van der Waals surface area contributed by atoms with Gasteiger partial charge < -0.3 is 4.79 Å². The van der Waals surface area contributed by atoms with Crippen LogP contribution in [0, 0.1) is 5.41 Å². The third-order valence-corrected chi connectivity index (χ3v) is 4.49. The summed E-state index contributed by atoms with van der Waals surface area (Å²) < 4.78 is 0. The number of ketones is 1. The molecular formula is C21H24O2. The summed E-state index contributed by atoms with van der Waals surface area (Å²) in [7, 11) is 0. The number of Topliss-reactive ketones (excluding diaryl/α,β-unsaturated/α-hetero) is 1. The first-order valence-electron chi connectivity index (χ1n) is 8.27. The molecule has 0 fully saturated rings. The van der Waals surface area contributed by atoms with Gasteiger partial charge in [0.2, 0.25) is 0 Å². The van der Waals surface area contributed by atoms with Crippen molar-refractivity contribution in [3.63, 3.8) is 0 Å². The molecule has 1 atom stereocenters. The number of aryl methyl sites for hydroxylation is 1. The van der Waals surface area contributed by atoms with Crippen molar-refractivity contribution in [2.75, 3.05) is 0 Å². The van der Waals surface area contributed by atoms with E-state index in [1.165, 1.54) is 5.56 Å². The number of carbonyl (C=O) groups is 2. The molecule has 0 aliphatic rings. The summed E-state index contributed by atoms with van der Waals surface area (Å²) in [4.78, 5) is 24.4. The first-order chi connectivity index (χ1) is 11.2. The van der Waals surface area contributed by atoms with Crippen LogP contribution in [-0.2, 0) is 22.4 Å². The zero-order valence-corrected chi connectivity index (χ0v) is 13.7. The molecule has 1 unspecified atom stereocenters. The third-order valence-electron chi connectivity index (χ3n) is 4.49. The second kappa shape index (κ2) is 8.42. The molecular weight excluding hydrogens is 284 g/mol. The molecule has 2 aromatic carbocycles. The Kier molecular flexibility index (Phi) is 6.28. The summed E-state index contributed by atoms with van der Waals surface area (Å²) in [6.07, 6.45) is 4.02. The highest BCUT2D eigenvalue weighted by Crippen LogP contribution is 2.28. The SMILES string of the molecule is CCC(C=O)(Cc1ccccc1)C(=O)CCCc1ccccc1. The minimum Gasteiger partial charge on any atom is -0.302 e. The second-order valence-electron chi connectivity index (χ2n) is 6.05. The van der Waals surface area contributed by atoms with Crippen molar-refractivity contribution in [1.82, 2.24) is 0 Å². The average molecular weight is 308 g/mol. The molecule has 2 aromatic rings. The van der Waals surface area contributed by atoms with Crippen LogP contribution in [0.4, 0.5) is 0 Å². The van der Waals surface area contributed by atoms with Crippen molar-refractivity contribution >= 4 is 12.1 Å². The maximum atomic E-state index is 12.7. The lowest BCUT2D eigenvalue weighted by molar-refractivity contribution is -0.135. The monoisotopic (exact) mass is 308 g/mol. The van der Waals surface area contributed by atoms with Gasteiger partial charge in [-0.3, -0.25) is 4.79 Å². The smallest absolute Gasteiger partial charge is 0.146 e. The maximum absolute atomic E-state index is 12.7. The Morgan fingerprint density at radius 2 is 1.52 bits per heavy atom. The van der Waals surface area contributed by atoms with Crippen molar-refractivity contribution in [3.8, 4) is 0 Å². The second-order valence-corrected chi connectivity index (χ2v) is 6.05. The highest BCUT2D eigenvalue weighted by atomic mass is 16.1. The van der Waals surface area contributed by atoms with Gasteiger partial charge in [0, 0.05) is 6.42 Å². The van der Waals surface area contributed by atoms with E-state index >= 15 is 0 Å². The van der Waals surface area contributed by atoms with Gasteiger partial charge in [-0.05, 0) is 36.8 Å². The standard InChI is InChI=1S/C21H24O2/c1-2-21(17-22,16-19-12-7-4-8-13-19)20(23)15-9-14-18-10-5-3-6-11-18/h3-8,10-13,17H,2,9,14-16H2,1H3. The summed E-state index contributed by atoms with van der Waals surface area (Å²) in [5.41, 5.74) is 1.40. The maximum Gasteiger partial charge on any atom is 0.146 e. The average Bonchev–Trinajstić information content (AvgIpc) is 2.61. The number of rotatable bonds is 9. The fourth-order valence-corrected chi connectivity index (χ4v) is 2.92. The van der Waals surface area contributed by atoms with E-state index < -0.39 is 5.41 Å². The van der Waals surface area contributed by atoms with E-state index in [2.05, 4.69) is 12.1 Å². The molecule has 2 nitrogen and oxygen atoms in total. The van der Waals surface area contributed by atoms with E-state index in [1.54, 1.807) is 0 Å². The molecule has 0 radical (unpaired) electrons. The van der Waals surface area contributed by atoms with E-state index in [-0.39, 0.29) is 5.78 Å². The highest BCUT2D eigenvalue weighted by molar-refractivity contribution is 5.98. The molecule has 0 aromatic heterocycles. The predicted molar refractivity (Wildman–Crippen MR) is 93.3 cm³/mol. The Bertz CT molecular complexity index is 619. The van der Waals surface area contributed by atoms with Crippen molar-refractivity contribution in [1.29, 1.82) is 0 Å². The molecule has 2 heteroatoms. The van der Waals surface area contributed by atoms with Crippen LogP contribution in [0.1, 0.15) is 37.3 Å². The van der Waals surface area contributed by atoms with Gasteiger partial charge >= 0.3 is 0 Å². The van der Waals surface area contributed by atoms with E-state index in [0.29, 0.717) is 19.3 Å². The Hall–Kier alpha value is -2.22. The van der Waals surface area contributed by atoms with Gasteiger partial charge in [-0.2, -0.15) is 0 Å². The van der Waals surface area contributed by atoms with Crippen LogP contribution in [-0.4, -0.2) is 12.1 Å². The van der Waals surface area contributed by atoms with Gasteiger partial charge in [0.15, 0.2) is 0 Å². The molecule has 0 saturated carbocycles. The first kappa shape index (κ1) is 17.1. The lowest BCUT2D eigenvalue weighted by atomic mass is 9.75. The molecule has 2 rings (SSSR count). The molecule has 0 aliphatic heterocycles. The minimum atomic E-state index is -0.877. The molecule has 0 N–H and O–H groups in total. The predicted octanol–water partition coefficient (Wildman–Crippen LogP) is 4.42. The Morgan fingerprint density at radius 3 is 2.04 bits per heavy atom. The van der Waals surface area contributed by atoms with Gasteiger partial charge in [0.1, 0.15) is 12.1 Å². The van der Waals surface area contributed by atoms with Gasteiger partial charge in [-0.1, -0.05) is 67.6 Å². The number of carbonyl (C=O) groups excluding carboxylic acids is 2. The summed E-state index contributed by atoms with van der Waals surface area (Å²) in [5, 5.41) is 0. The Morgan fingerprint density at radius 1 is 0.957 bits per heavy atom. The fourth-order valence-electron chi connectivity index (χ4n) is 2.92. The lowest BCUT2D eigenvalue weighted by Gasteiger charge is -2.25. The minimum absolute atomic E-state index is 0.0646. The van der Waals surface area contributed by atoms with Crippen molar-refractivity contribution < 1.29 is 9.59 Å². The molecule has 0 bridgehead atoms. The number of hydrogen-bond donors (Lipinski definition) is 0. The molecule has 0 amide bonds. The summed E-state index contributed by atoms with van der Waals surface area (Å²) in [6, 6.07) is 19.9. The van der Waals surface area contributed by atoms with Crippen LogP contribution in [0.2, 0.25) is 0 Å². The number of benzene rings is 2. The van der Waals surface area contributed by atoms with E-state index in [1.807, 2.05) is 55.5 Å². The molecule has 23 heavy (non-hydrogen) atoms. The Balaban J connectivity index is 1.99. The van der Waals surface area contributed by atoms with Gasteiger partial charge in [-0.15, -0.1) is 0 Å². The zero-order valence-electron chi connectivity index (χ0n) is 13.7. The van der Waals surface area contributed by atoms with Crippen LogP contribution in [0.25, 0.3) is 0 Å². The topological polar surface area (TPSA) is 34.1 Å². The molecule has 0 heterocycles. The largest absolute Gasteiger partial charge is 0.302 e. The van der Waals surface area contributed by atoms with Crippen molar-refractivity contribution in [2.24, 2.45) is 5.41 Å². The summed E-state index contributed by atoms with van der Waals surface area (Å²) in [5.74, 6) is 0.0646. The van der Waals surface area contributed by atoms with E-state index in [9.17, 15) is 9.59 Å². The molecule has 0 saturated heterocycles. The van der Waals surface area contributed by atoms with Crippen LogP contribution >= 0.6 is 0 Å². The van der Waals surface area contributed by atoms with Crippen LogP contribution in [0.3, 0.4) is 0 Å². The zero-order chi connectivity index (χ0) is 16.5. The van der Waals surface area contributed by atoms with Crippen molar-refractivity contribution in [3.05, 3.63) is 71.8 Å². The summed E-state index contributed by atoms with van der Waals surface area (Å²) in [6.45, 7) is 1.92. The number of hydrogen-bond acceptors (Lipinski definition) is 2. The van der Waals surface area contributed by atoms with Crippen LogP contribution in [0.15, 0.2) is 60.7 Å². The van der Waals surface area contributed by atoms with Gasteiger partial charge in [0.25, 0.3) is 0 Å². The summed E-state index contributed by atoms with van der Waals surface area (Å²) >= 11 is 0.